The molecule has 1 amide bonds. The fourth-order valence-corrected chi connectivity index (χ4v) is 2.35. The summed E-state index contributed by atoms with van der Waals surface area (Å²) in [6.07, 6.45) is 3.32. The van der Waals surface area contributed by atoms with Crippen LogP contribution in [0.3, 0.4) is 0 Å². The van der Waals surface area contributed by atoms with Gasteiger partial charge in [-0.15, -0.1) is 16.8 Å². The molecule has 0 aliphatic carbocycles. The Balaban J connectivity index is 1.95. The van der Waals surface area contributed by atoms with Crippen LogP contribution in [0.2, 0.25) is 0 Å². The number of amides is 1. The molecule has 0 unspecified atom stereocenters. The second-order valence-electron chi connectivity index (χ2n) is 4.05. The van der Waals surface area contributed by atoms with Crippen LogP contribution in [-0.2, 0) is 11.3 Å². The number of rotatable bonds is 6. The summed E-state index contributed by atoms with van der Waals surface area (Å²) in [5.74, 6) is -0.00821. The number of nitrogens with one attached hydrogen (secondary N) is 1. The first-order chi connectivity index (χ1) is 10.2. The van der Waals surface area contributed by atoms with Crippen LogP contribution >= 0.6 is 11.8 Å². The fraction of sp³-hybridized carbons (Fsp3) is 0.143. The first kappa shape index (κ1) is 14.8. The summed E-state index contributed by atoms with van der Waals surface area (Å²) in [4.78, 5) is 11.9. The quantitative estimate of drug-likeness (QED) is 0.652. The first-order valence-corrected chi connectivity index (χ1v) is 7.13. The highest BCUT2D eigenvalue weighted by Crippen LogP contribution is 2.17. The van der Waals surface area contributed by atoms with E-state index in [1.165, 1.54) is 11.8 Å². The monoisotopic (exact) mass is 299 g/mol. The van der Waals surface area contributed by atoms with Gasteiger partial charge >= 0.3 is 0 Å². The number of carbonyl (C=O) groups excluding carboxylic acids is 1. The number of anilines is 1. The topological polar surface area (TPSA) is 83.6 Å². The fourth-order valence-electron chi connectivity index (χ4n) is 1.63. The lowest BCUT2D eigenvalue weighted by molar-refractivity contribution is -0.113. The number of allylic oxidation sites excluding steroid dienone is 1. The summed E-state index contributed by atoms with van der Waals surface area (Å²) >= 11 is 1.28. The van der Waals surface area contributed by atoms with Crippen molar-refractivity contribution in [3.8, 4) is 6.07 Å². The van der Waals surface area contributed by atoms with E-state index >= 15 is 0 Å². The highest BCUT2D eigenvalue weighted by Gasteiger charge is 2.10. The number of hydrogen-bond donors (Lipinski definition) is 1. The van der Waals surface area contributed by atoms with Crippen LogP contribution in [-0.4, -0.2) is 26.4 Å². The van der Waals surface area contributed by atoms with Crippen molar-refractivity contribution >= 4 is 23.4 Å². The maximum absolute atomic E-state index is 11.9. The third-order valence-corrected chi connectivity index (χ3v) is 3.54. The van der Waals surface area contributed by atoms with Gasteiger partial charge in [0, 0.05) is 6.54 Å². The molecule has 2 rings (SSSR count). The Hall–Kier alpha value is -2.59. The molecule has 106 valence electrons. The van der Waals surface area contributed by atoms with E-state index in [9.17, 15) is 4.79 Å². The zero-order valence-corrected chi connectivity index (χ0v) is 12.0. The van der Waals surface area contributed by atoms with Gasteiger partial charge in [-0.1, -0.05) is 30.0 Å². The minimum Gasteiger partial charge on any atom is -0.324 e. The van der Waals surface area contributed by atoms with Crippen molar-refractivity contribution in [1.82, 2.24) is 14.8 Å². The van der Waals surface area contributed by atoms with E-state index < -0.39 is 0 Å². The Kier molecular flexibility index (Phi) is 5.12. The average Bonchev–Trinajstić information content (AvgIpc) is 2.93. The van der Waals surface area contributed by atoms with Crippen molar-refractivity contribution in [2.75, 3.05) is 11.1 Å². The van der Waals surface area contributed by atoms with Crippen LogP contribution in [0, 0.1) is 11.3 Å². The highest BCUT2D eigenvalue weighted by molar-refractivity contribution is 7.99. The zero-order chi connectivity index (χ0) is 15.1. The van der Waals surface area contributed by atoms with E-state index in [4.69, 9.17) is 5.26 Å². The zero-order valence-electron chi connectivity index (χ0n) is 11.2. The summed E-state index contributed by atoms with van der Waals surface area (Å²) in [5.41, 5.74) is 0.948. The molecule has 0 aliphatic heterocycles. The predicted octanol–water partition coefficient (Wildman–Crippen LogP) is 2.07. The Morgan fingerprint density at radius 3 is 3.10 bits per heavy atom. The van der Waals surface area contributed by atoms with Gasteiger partial charge in [0.2, 0.25) is 5.91 Å². The molecule has 1 N–H and O–H groups in total. The Morgan fingerprint density at radius 1 is 1.52 bits per heavy atom. The minimum atomic E-state index is -0.198. The number of para-hydroxylation sites is 1. The van der Waals surface area contributed by atoms with Crippen LogP contribution in [0.4, 0.5) is 5.69 Å². The Bertz CT molecular complexity index is 689. The van der Waals surface area contributed by atoms with Gasteiger partial charge in [-0.2, -0.15) is 5.26 Å². The van der Waals surface area contributed by atoms with Crippen LogP contribution < -0.4 is 5.32 Å². The molecule has 0 aliphatic rings. The third-order valence-electron chi connectivity index (χ3n) is 2.56. The molecule has 0 spiro atoms. The molecule has 0 saturated heterocycles. The van der Waals surface area contributed by atoms with Gasteiger partial charge in [0.1, 0.15) is 12.4 Å². The molecule has 2 aromatic rings. The summed E-state index contributed by atoms with van der Waals surface area (Å²) < 4.78 is 1.80. The number of nitrogens with zero attached hydrogens (tertiary/aromatic N) is 4. The minimum absolute atomic E-state index is 0.190. The normalized spacial score (nSPS) is 9.86. The van der Waals surface area contributed by atoms with E-state index in [2.05, 4.69) is 22.1 Å². The standard InChI is InChI=1S/C14H13N5OS/c1-2-7-19-10-16-18-14(19)21-9-13(20)17-12-6-4-3-5-11(12)8-15/h2-6,10H,1,7,9H2,(H,17,20). The number of benzene rings is 1. The van der Waals surface area contributed by atoms with Gasteiger partial charge < -0.3 is 9.88 Å². The molecule has 0 fully saturated rings. The molecule has 7 heteroatoms. The Labute approximate surface area is 126 Å². The van der Waals surface area contributed by atoms with Gasteiger partial charge in [-0.3, -0.25) is 4.79 Å². The van der Waals surface area contributed by atoms with Crippen LogP contribution in [0.5, 0.6) is 0 Å². The van der Waals surface area contributed by atoms with E-state index in [-0.39, 0.29) is 11.7 Å². The maximum Gasteiger partial charge on any atom is 0.234 e. The number of nitriles is 1. The Morgan fingerprint density at radius 2 is 2.33 bits per heavy atom. The molecule has 1 aromatic carbocycles. The summed E-state index contributed by atoms with van der Waals surface area (Å²) in [6, 6.07) is 8.91. The molecule has 1 heterocycles. The summed E-state index contributed by atoms with van der Waals surface area (Å²) in [7, 11) is 0. The van der Waals surface area contributed by atoms with Gasteiger partial charge in [-0.25, -0.2) is 0 Å². The predicted molar refractivity (Wildman–Crippen MR) is 80.7 cm³/mol. The van der Waals surface area contributed by atoms with Crippen molar-refractivity contribution in [2.24, 2.45) is 0 Å². The van der Waals surface area contributed by atoms with Gasteiger partial charge in [0.25, 0.3) is 0 Å². The molecule has 0 atom stereocenters. The summed E-state index contributed by atoms with van der Waals surface area (Å²) in [5, 5.41) is 20.1. The number of thioether (sulfide) groups is 1. The second kappa shape index (κ2) is 7.26. The molecule has 21 heavy (non-hydrogen) atoms. The van der Waals surface area contributed by atoms with Gasteiger partial charge in [-0.05, 0) is 12.1 Å². The van der Waals surface area contributed by atoms with Crippen LogP contribution in [0.25, 0.3) is 0 Å². The molecular formula is C14H13N5OS. The third kappa shape index (κ3) is 3.94. The smallest absolute Gasteiger partial charge is 0.234 e. The SMILES string of the molecule is C=CCn1cnnc1SCC(=O)Nc1ccccc1C#N. The molecular weight excluding hydrogens is 286 g/mol. The van der Waals surface area contributed by atoms with Crippen molar-refractivity contribution in [3.05, 3.63) is 48.8 Å². The number of carbonyl (C=O) groups is 1. The van der Waals surface area contributed by atoms with E-state index in [1.807, 2.05) is 6.07 Å². The molecule has 1 aromatic heterocycles. The lowest BCUT2D eigenvalue weighted by Gasteiger charge is -2.06. The van der Waals surface area contributed by atoms with E-state index in [0.717, 1.165) is 0 Å². The lowest BCUT2D eigenvalue weighted by atomic mass is 10.2. The van der Waals surface area contributed by atoms with Gasteiger partial charge in [0.05, 0.1) is 17.0 Å². The number of aromatic nitrogens is 3. The van der Waals surface area contributed by atoms with E-state index in [0.29, 0.717) is 23.0 Å². The van der Waals surface area contributed by atoms with Crippen molar-refractivity contribution in [2.45, 2.75) is 11.7 Å². The average molecular weight is 299 g/mol. The molecule has 0 saturated carbocycles. The lowest BCUT2D eigenvalue weighted by Crippen LogP contribution is -2.15. The second-order valence-corrected chi connectivity index (χ2v) is 4.99. The van der Waals surface area contributed by atoms with Gasteiger partial charge in [0.15, 0.2) is 5.16 Å². The van der Waals surface area contributed by atoms with Crippen LogP contribution in [0.15, 0.2) is 48.4 Å². The van der Waals surface area contributed by atoms with Crippen molar-refractivity contribution < 1.29 is 4.79 Å². The van der Waals surface area contributed by atoms with Crippen LogP contribution in [0.1, 0.15) is 5.56 Å². The van der Waals surface area contributed by atoms with Crippen molar-refractivity contribution in [3.63, 3.8) is 0 Å². The van der Waals surface area contributed by atoms with E-state index in [1.54, 1.807) is 41.2 Å². The first-order valence-electron chi connectivity index (χ1n) is 6.15. The number of hydrogen-bond acceptors (Lipinski definition) is 5. The molecule has 0 radical (unpaired) electrons. The molecule has 6 nitrogen and oxygen atoms in total. The summed E-state index contributed by atoms with van der Waals surface area (Å²) in [6.45, 7) is 4.24. The highest BCUT2D eigenvalue weighted by atomic mass is 32.2. The largest absolute Gasteiger partial charge is 0.324 e. The van der Waals surface area contributed by atoms with Crippen molar-refractivity contribution in [1.29, 1.82) is 5.26 Å². The maximum atomic E-state index is 11.9. The molecule has 0 bridgehead atoms.